The van der Waals surface area contributed by atoms with Crippen LogP contribution in [0.2, 0.25) is 0 Å². The van der Waals surface area contributed by atoms with Crippen molar-refractivity contribution in [2.24, 2.45) is 0 Å². The molecular weight excluding hydrogens is 371 g/mol. The molecule has 0 aliphatic carbocycles. The summed E-state index contributed by atoms with van der Waals surface area (Å²) in [6, 6.07) is 12.4. The van der Waals surface area contributed by atoms with Crippen molar-refractivity contribution in [3.63, 3.8) is 0 Å². The molecule has 150 valence electrons. The van der Waals surface area contributed by atoms with Crippen molar-refractivity contribution in [3.05, 3.63) is 65.2 Å². The topological polar surface area (TPSA) is 53.6 Å². The van der Waals surface area contributed by atoms with Crippen LogP contribution in [-0.4, -0.2) is 32.3 Å². The Morgan fingerprint density at radius 3 is 2.25 bits per heavy atom. The van der Waals surface area contributed by atoms with E-state index < -0.39 is 17.8 Å². The fourth-order valence-electron chi connectivity index (χ4n) is 2.93. The van der Waals surface area contributed by atoms with Crippen molar-refractivity contribution < 1.29 is 22.7 Å². The lowest BCUT2D eigenvalue weighted by Gasteiger charge is -2.28. The largest absolute Gasteiger partial charge is 0.416 e. The molecule has 2 N–H and O–H groups in total. The minimum Gasteiger partial charge on any atom is -0.378 e. The average Bonchev–Trinajstić information content (AvgIpc) is 2.71. The first-order valence-electron chi connectivity index (χ1n) is 9.01. The van der Waals surface area contributed by atoms with Crippen LogP contribution in [0.1, 0.15) is 16.7 Å². The number of amides is 2. The van der Waals surface area contributed by atoms with E-state index in [2.05, 4.69) is 15.5 Å². The van der Waals surface area contributed by atoms with Crippen LogP contribution in [0.4, 0.5) is 23.7 Å². The lowest BCUT2D eigenvalue weighted by molar-refractivity contribution is -0.137. The number of hydrogen-bond acceptors (Lipinski definition) is 3. The van der Waals surface area contributed by atoms with Gasteiger partial charge in [-0.3, -0.25) is 0 Å². The quantitative estimate of drug-likeness (QED) is 0.817. The van der Waals surface area contributed by atoms with Crippen LogP contribution in [0.3, 0.4) is 0 Å². The monoisotopic (exact) mass is 393 g/mol. The van der Waals surface area contributed by atoms with Gasteiger partial charge in [0.2, 0.25) is 0 Å². The van der Waals surface area contributed by atoms with Gasteiger partial charge in [-0.2, -0.15) is 13.2 Å². The van der Waals surface area contributed by atoms with Crippen molar-refractivity contribution >= 4 is 11.7 Å². The molecule has 0 radical (unpaired) electrons. The molecule has 1 aliphatic rings. The van der Waals surface area contributed by atoms with Crippen LogP contribution in [0.25, 0.3) is 0 Å². The van der Waals surface area contributed by atoms with E-state index in [0.717, 1.165) is 49.7 Å². The third-order valence-electron chi connectivity index (χ3n) is 4.47. The van der Waals surface area contributed by atoms with Crippen LogP contribution >= 0.6 is 0 Å². The molecule has 2 aromatic carbocycles. The number of nitrogens with zero attached hydrogens (tertiary/aromatic N) is 1. The normalized spacial score (nSPS) is 14.6. The summed E-state index contributed by atoms with van der Waals surface area (Å²) >= 11 is 0. The lowest BCUT2D eigenvalue weighted by atomic mass is 10.1. The molecule has 0 unspecified atom stereocenters. The number of halogens is 3. The summed E-state index contributed by atoms with van der Waals surface area (Å²) < 4.78 is 43.5. The number of anilines is 1. The van der Waals surface area contributed by atoms with E-state index >= 15 is 0 Å². The van der Waals surface area contributed by atoms with E-state index in [-0.39, 0.29) is 6.54 Å². The van der Waals surface area contributed by atoms with E-state index in [1.54, 1.807) is 6.07 Å². The van der Waals surface area contributed by atoms with Crippen LogP contribution in [0.15, 0.2) is 48.5 Å². The summed E-state index contributed by atoms with van der Waals surface area (Å²) in [5, 5.41) is 5.28. The Balaban J connectivity index is 1.45. The minimum absolute atomic E-state index is 0.0196. The molecule has 28 heavy (non-hydrogen) atoms. The number of alkyl halides is 3. The Hall–Kier alpha value is -2.74. The zero-order chi connectivity index (χ0) is 20.0. The first-order valence-corrected chi connectivity index (χ1v) is 9.01. The maximum atomic E-state index is 12.7. The van der Waals surface area contributed by atoms with E-state index in [1.165, 1.54) is 6.07 Å². The van der Waals surface area contributed by atoms with Gasteiger partial charge >= 0.3 is 12.2 Å². The van der Waals surface area contributed by atoms with Crippen LogP contribution in [0, 0.1) is 0 Å². The summed E-state index contributed by atoms with van der Waals surface area (Å²) in [6.07, 6.45) is -4.40. The Morgan fingerprint density at radius 1 is 0.964 bits per heavy atom. The number of rotatable bonds is 5. The third-order valence-corrected chi connectivity index (χ3v) is 4.47. The van der Waals surface area contributed by atoms with Crippen LogP contribution in [0.5, 0.6) is 0 Å². The summed E-state index contributed by atoms with van der Waals surface area (Å²) in [6.45, 7) is 3.50. The summed E-state index contributed by atoms with van der Waals surface area (Å²) in [7, 11) is 0. The molecule has 1 heterocycles. The number of benzene rings is 2. The number of hydrogen-bond donors (Lipinski definition) is 2. The van der Waals surface area contributed by atoms with Crippen molar-refractivity contribution in [3.8, 4) is 0 Å². The van der Waals surface area contributed by atoms with Crippen molar-refractivity contribution in [1.82, 2.24) is 10.6 Å². The highest BCUT2D eigenvalue weighted by Crippen LogP contribution is 2.29. The highest BCUT2D eigenvalue weighted by Gasteiger charge is 2.30. The first-order chi connectivity index (χ1) is 13.4. The zero-order valence-electron chi connectivity index (χ0n) is 15.3. The molecule has 1 saturated heterocycles. The predicted octanol–water partition coefficient (Wildman–Crippen LogP) is 3.54. The molecular formula is C20H22F3N3O2. The molecule has 0 spiro atoms. The van der Waals surface area contributed by atoms with E-state index in [9.17, 15) is 18.0 Å². The second-order valence-corrected chi connectivity index (χ2v) is 6.50. The zero-order valence-corrected chi connectivity index (χ0v) is 15.3. The standard InChI is InChI=1S/C20H22F3N3O2/c21-20(22,23)17-3-1-2-16(12-17)14-25-19(27)24-13-15-4-6-18(7-5-15)26-8-10-28-11-9-26/h1-7,12H,8-11,13-14H2,(H2,24,25,27). The van der Waals surface area contributed by atoms with Gasteiger partial charge in [0, 0.05) is 31.9 Å². The fraction of sp³-hybridized carbons (Fsp3) is 0.350. The first kappa shape index (κ1) is 20.0. The molecule has 0 bridgehead atoms. The van der Waals surface area contributed by atoms with Gasteiger partial charge in [-0.15, -0.1) is 0 Å². The van der Waals surface area contributed by atoms with Crippen LogP contribution < -0.4 is 15.5 Å². The lowest BCUT2D eigenvalue weighted by Crippen LogP contribution is -2.36. The van der Waals surface area contributed by atoms with Crippen molar-refractivity contribution in [2.75, 3.05) is 31.2 Å². The van der Waals surface area contributed by atoms with E-state index in [1.807, 2.05) is 24.3 Å². The number of ether oxygens (including phenoxy) is 1. The number of morpholine rings is 1. The number of nitrogens with one attached hydrogen (secondary N) is 2. The van der Waals surface area contributed by atoms with Gasteiger partial charge < -0.3 is 20.3 Å². The van der Waals surface area contributed by atoms with Crippen molar-refractivity contribution in [1.29, 1.82) is 0 Å². The molecule has 1 fully saturated rings. The number of carbonyl (C=O) groups excluding carboxylic acids is 1. The third kappa shape index (κ3) is 5.63. The highest BCUT2D eigenvalue weighted by molar-refractivity contribution is 5.73. The average molecular weight is 393 g/mol. The fourth-order valence-corrected chi connectivity index (χ4v) is 2.93. The van der Waals surface area contributed by atoms with E-state index in [4.69, 9.17) is 4.74 Å². The Morgan fingerprint density at radius 2 is 1.61 bits per heavy atom. The Kier molecular flexibility index (Phi) is 6.41. The Labute approximate surface area is 161 Å². The molecule has 8 heteroatoms. The molecule has 5 nitrogen and oxygen atoms in total. The summed E-state index contributed by atoms with van der Waals surface area (Å²) in [4.78, 5) is 14.2. The molecule has 0 aromatic heterocycles. The van der Waals surface area contributed by atoms with Crippen molar-refractivity contribution in [2.45, 2.75) is 19.3 Å². The van der Waals surface area contributed by atoms with E-state index in [0.29, 0.717) is 12.1 Å². The molecule has 0 atom stereocenters. The van der Waals surface area contributed by atoms with Gasteiger partial charge in [-0.05, 0) is 35.4 Å². The maximum Gasteiger partial charge on any atom is 0.416 e. The molecule has 2 amide bonds. The van der Waals surface area contributed by atoms with Gasteiger partial charge in [-0.1, -0.05) is 24.3 Å². The number of carbonyl (C=O) groups is 1. The van der Waals surface area contributed by atoms with Gasteiger partial charge in [0.1, 0.15) is 0 Å². The SMILES string of the molecule is O=C(NCc1ccc(N2CCOCC2)cc1)NCc1cccc(C(F)(F)F)c1. The molecule has 0 saturated carbocycles. The van der Waals surface area contributed by atoms with Gasteiger partial charge in [0.15, 0.2) is 0 Å². The summed E-state index contributed by atoms with van der Waals surface area (Å²) in [5.74, 6) is 0. The molecule has 1 aliphatic heterocycles. The van der Waals surface area contributed by atoms with Crippen LogP contribution in [-0.2, 0) is 24.0 Å². The second kappa shape index (κ2) is 8.97. The molecule has 2 aromatic rings. The second-order valence-electron chi connectivity index (χ2n) is 6.50. The Bertz CT molecular complexity index is 788. The van der Waals surface area contributed by atoms with Gasteiger partial charge in [-0.25, -0.2) is 4.79 Å². The van der Waals surface area contributed by atoms with Gasteiger partial charge in [0.05, 0.1) is 18.8 Å². The smallest absolute Gasteiger partial charge is 0.378 e. The molecule has 3 rings (SSSR count). The highest BCUT2D eigenvalue weighted by atomic mass is 19.4. The maximum absolute atomic E-state index is 12.7. The predicted molar refractivity (Wildman–Crippen MR) is 100.0 cm³/mol. The number of urea groups is 1. The summed E-state index contributed by atoms with van der Waals surface area (Å²) in [5.41, 5.74) is 1.71. The van der Waals surface area contributed by atoms with Gasteiger partial charge in [0.25, 0.3) is 0 Å². The minimum atomic E-state index is -4.40.